The third-order valence-electron chi connectivity index (χ3n) is 3.76. The van der Waals surface area contributed by atoms with E-state index >= 15 is 0 Å². The lowest BCUT2D eigenvalue weighted by Gasteiger charge is -2.08. The number of aryl methyl sites for hydroxylation is 1. The van der Waals surface area contributed by atoms with Crippen molar-refractivity contribution in [3.05, 3.63) is 74.9 Å². The van der Waals surface area contributed by atoms with Gasteiger partial charge in [0.05, 0.1) is 16.7 Å². The van der Waals surface area contributed by atoms with Gasteiger partial charge in [0.2, 0.25) is 0 Å². The smallest absolute Gasteiger partial charge is 0.289 e. The molecular weight excluding hydrogens is 292 g/mol. The van der Waals surface area contributed by atoms with Crippen molar-refractivity contribution in [2.45, 2.75) is 6.92 Å². The van der Waals surface area contributed by atoms with Crippen LogP contribution < -0.4 is 11.2 Å². The molecule has 2 aromatic heterocycles. The predicted molar refractivity (Wildman–Crippen MR) is 88.0 cm³/mol. The Balaban J connectivity index is 2.15. The minimum Gasteiger partial charge on any atom is -0.289 e. The lowest BCUT2D eigenvalue weighted by molar-refractivity contribution is 0.884. The number of nitrogens with one attached hydrogen (secondary N) is 1. The molecule has 2 heterocycles. The van der Waals surface area contributed by atoms with E-state index in [1.807, 2.05) is 31.2 Å². The van der Waals surface area contributed by atoms with Crippen LogP contribution >= 0.6 is 0 Å². The molecule has 6 nitrogen and oxygen atoms in total. The van der Waals surface area contributed by atoms with Gasteiger partial charge in [-0.3, -0.25) is 9.78 Å². The Morgan fingerprint density at radius 3 is 2.30 bits per heavy atom. The van der Waals surface area contributed by atoms with Gasteiger partial charge in [0.25, 0.3) is 5.56 Å². The number of H-pyrrole nitrogens is 1. The number of hydrogen-bond donors (Lipinski definition) is 1. The van der Waals surface area contributed by atoms with E-state index < -0.39 is 11.2 Å². The summed E-state index contributed by atoms with van der Waals surface area (Å²) in [6.45, 7) is 1.84. The van der Waals surface area contributed by atoms with Gasteiger partial charge in [-0.05, 0) is 30.7 Å². The summed E-state index contributed by atoms with van der Waals surface area (Å²) in [5, 5.41) is 0. The lowest BCUT2D eigenvalue weighted by Crippen LogP contribution is -2.34. The van der Waals surface area contributed by atoms with Gasteiger partial charge < -0.3 is 0 Å². The van der Waals surface area contributed by atoms with Crippen LogP contribution in [0.5, 0.6) is 0 Å². The maximum absolute atomic E-state index is 12.8. The van der Waals surface area contributed by atoms with Gasteiger partial charge >= 0.3 is 5.69 Å². The number of rotatable bonds is 1. The molecular formula is C17H12N4O2. The van der Waals surface area contributed by atoms with Crippen molar-refractivity contribution in [1.29, 1.82) is 0 Å². The Hall–Kier alpha value is -3.28. The maximum atomic E-state index is 12.8. The zero-order valence-electron chi connectivity index (χ0n) is 12.3. The van der Waals surface area contributed by atoms with E-state index in [0.717, 1.165) is 10.1 Å². The van der Waals surface area contributed by atoms with Gasteiger partial charge in [0, 0.05) is 0 Å². The Kier molecular flexibility index (Phi) is 2.84. The van der Waals surface area contributed by atoms with Crippen LogP contribution in [-0.4, -0.2) is 19.5 Å². The van der Waals surface area contributed by atoms with Crippen molar-refractivity contribution in [2.24, 2.45) is 0 Å². The van der Waals surface area contributed by atoms with Crippen LogP contribution in [0, 0.1) is 6.92 Å². The zero-order chi connectivity index (χ0) is 16.0. The lowest BCUT2D eigenvalue weighted by atomic mass is 10.2. The monoisotopic (exact) mass is 304 g/mol. The molecule has 0 fully saturated rings. The van der Waals surface area contributed by atoms with Gasteiger partial charge in [-0.1, -0.05) is 30.3 Å². The highest BCUT2D eigenvalue weighted by Crippen LogP contribution is 2.13. The van der Waals surface area contributed by atoms with Crippen LogP contribution in [0.4, 0.5) is 0 Å². The topological polar surface area (TPSA) is 80.6 Å². The summed E-state index contributed by atoms with van der Waals surface area (Å²) in [7, 11) is 0. The Morgan fingerprint density at radius 2 is 1.57 bits per heavy atom. The van der Waals surface area contributed by atoms with Gasteiger partial charge in [0.15, 0.2) is 11.2 Å². The molecule has 0 spiro atoms. The molecule has 0 aliphatic rings. The molecule has 0 unspecified atom stereocenters. The fraction of sp³-hybridized carbons (Fsp3) is 0.0588. The molecule has 23 heavy (non-hydrogen) atoms. The maximum Gasteiger partial charge on any atom is 0.334 e. The second-order valence-corrected chi connectivity index (χ2v) is 5.27. The van der Waals surface area contributed by atoms with Crippen LogP contribution in [0.2, 0.25) is 0 Å². The molecule has 0 aliphatic heterocycles. The SMILES string of the molecule is Cc1ccccc1-n1c(=O)[nH]c2nc3ccccc3nc2c1=O. The van der Waals surface area contributed by atoms with Crippen molar-refractivity contribution >= 4 is 22.2 Å². The molecule has 2 aromatic carbocycles. The first-order chi connectivity index (χ1) is 11.1. The fourth-order valence-corrected chi connectivity index (χ4v) is 2.62. The molecule has 0 aliphatic carbocycles. The first-order valence-electron chi connectivity index (χ1n) is 7.13. The zero-order valence-corrected chi connectivity index (χ0v) is 12.3. The van der Waals surface area contributed by atoms with Crippen molar-refractivity contribution < 1.29 is 0 Å². The highest BCUT2D eigenvalue weighted by atomic mass is 16.2. The van der Waals surface area contributed by atoms with Crippen molar-refractivity contribution in [3.8, 4) is 5.69 Å². The van der Waals surface area contributed by atoms with Crippen LogP contribution in [0.1, 0.15) is 5.56 Å². The van der Waals surface area contributed by atoms with Gasteiger partial charge in [0.1, 0.15) is 0 Å². The molecule has 4 rings (SSSR count). The number of aromatic nitrogens is 4. The van der Waals surface area contributed by atoms with E-state index in [1.165, 1.54) is 0 Å². The average molecular weight is 304 g/mol. The summed E-state index contributed by atoms with van der Waals surface area (Å²) in [5.41, 5.74) is 1.95. The molecule has 112 valence electrons. The molecule has 0 amide bonds. The van der Waals surface area contributed by atoms with E-state index in [0.29, 0.717) is 16.7 Å². The summed E-state index contributed by atoms with van der Waals surface area (Å²) < 4.78 is 1.10. The number of para-hydroxylation sites is 3. The van der Waals surface area contributed by atoms with E-state index in [1.54, 1.807) is 24.3 Å². The quantitative estimate of drug-likeness (QED) is 0.545. The fourth-order valence-electron chi connectivity index (χ4n) is 2.62. The molecule has 1 N–H and O–H groups in total. The second-order valence-electron chi connectivity index (χ2n) is 5.27. The molecule has 6 heteroatoms. The van der Waals surface area contributed by atoms with Crippen LogP contribution in [0.15, 0.2) is 58.1 Å². The first kappa shape index (κ1) is 13.4. The molecule has 0 saturated carbocycles. The highest BCUT2D eigenvalue weighted by molar-refractivity contribution is 5.83. The van der Waals surface area contributed by atoms with Crippen molar-refractivity contribution in [1.82, 2.24) is 19.5 Å². The minimum absolute atomic E-state index is 0.145. The van der Waals surface area contributed by atoms with Crippen LogP contribution in [0.3, 0.4) is 0 Å². The Bertz CT molecular complexity index is 1170. The molecule has 0 radical (unpaired) electrons. The molecule has 4 aromatic rings. The number of hydrogen-bond acceptors (Lipinski definition) is 4. The summed E-state index contributed by atoms with van der Waals surface area (Å²) in [4.78, 5) is 36.5. The highest BCUT2D eigenvalue weighted by Gasteiger charge is 2.13. The van der Waals surface area contributed by atoms with Crippen molar-refractivity contribution in [2.75, 3.05) is 0 Å². The van der Waals surface area contributed by atoms with E-state index in [4.69, 9.17) is 0 Å². The first-order valence-corrected chi connectivity index (χ1v) is 7.13. The summed E-state index contributed by atoms with van der Waals surface area (Å²) >= 11 is 0. The average Bonchev–Trinajstić information content (AvgIpc) is 2.55. The van der Waals surface area contributed by atoms with Gasteiger partial charge in [-0.25, -0.2) is 19.3 Å². The number of benzene rings is 2. The van der Waals surface area contributed by atoms with E-state index in [-0.39, 0.29) is 11.2 Å². The standard InChI is InChI=1S/C17H12N4O2/c1-10-6-2-5-9-13(10)21-16(22)14-15(20-17(21)23)19-12-8-4-3-7-11(12)18-14/h2-9H,1H3,(H,19,20,23). The summed E-state index contributed by atoms with van der Waals surface area (Å²) in [6.07, 6.45) is 0. The van der Waals surface area contributed by atoms with Crippen LogP contribution in [0.25, 0.3) is 27.9 Å². The summed E-state index contributed by atoms with van der Waals surface area (Å²) in [6, 6.07) is 14.4. The minimum atomic E-state index is -0.526. The molecule has 0 bridgehead atoms. The van der Waals surface area contributed by atoms with E-state index in [9.17, 15) is 9.59 Å². The van der Waals surface area contributed by atoms with Gasteiger partial charge in [-0.15, -0.1) is 0 Å². The largest absolute Gasteiger partial charge is 0.334 e. The van der Waals surface area contributed by atoms with E-state index in [2.05, 4.69) is 15.0 Å². The number of nitrogens with zero attached hydrogens (tertiary/aromatic N) is 3. The molecule has 0 atom stereocenters. The summed E-state index contributed by atoms with van der Waals surface area (Å²) in [5.74, 6) is 0. The Labute approximate surface area is 130 Å². The Morgan fingerprint density at radius 1 is 0.913 bits per heavy atom. The third-order valence-corrected chi connectivity index (χ3v) is 3.76. The number of aromatic amines is 1. The normalized spacial score (nSPS) is 11.2. The number of fused-ring (bicyclic) bond motifs is 2. The van der Waals surface area contributed by atoms with Gasteiger partial charge in [-0.2, -0.15) is 0 Å². The predicted octanol–water partition coefficient (Wildman–Crippen LogP) is 1.93. The second kappa shape index (κ2) is 4.88. The molecule has 0 saturated heterocycles. The third kappa shape index (κ3) is 2.03. The van der Waals surface area contributed by atoms with Crippen molar-refractivity contribution in [3.63, 3.8) is 0 Å². The van der Waals surface area contributed by atoms with Crippen LogP contribution in [-0.2, 0) is 0 Å².